The monoisotopic (exact) mass is 928 g/mol. The van der Waals surface area contributed by atoms with E-state index in [9.17, 15) is 17.3 Å². The Hall–Kier alpha value is -3.41. The Morgan fingerprint density at radius 1 is 0.350 bits per heavy atom. The summed E-state index contributed by atoms with van der Waals surface area (Å²) >= 11 is 0. The number of fused-ring (bicyclic) bond motifs is 2. The molecule has 9 rings (SSSR count). The van der Waals surface area contributed by atoms with Crippen molar-refractivity contribution in [2.75, 3.05) is 0 Å². The van der Waals surface area contributed by atoms with Gasteiger partial charge in [0.1, 0.15) is 0 Å². The van der Waals surface area contributed by atoms with E-state index in [2.05, 4.69) is 171 Å². The van der Waals surface area contributed by atoms with Crippen molar-refractivity contribution in [2.45, 2.75) is 77.0 Å². The zero-order valence-electron chi connectivity index (χ0n) is 34.0. The van der Waals surface area contributed by atoms with Gasteiger partial charge in [-0.3, -0.25) is 0 Å². The van der Waals surface area contributed by atoms with E-state index in [1.807, 2.05) is 0 Å². The summed E-state index contributed by atoms with van der Waals surface area (Å²) in [5, 5.41) is 8.79. The van der Waals surface area contributed by atoms with Gasteiger partial charge in [0.15, 0.2) is 0 Å². The molecule has 3 aliphatic carbocycles. The maximum atomic E-state index is 9.75. The molecule has 1 saturated carbocycles. The first kappa shape index (κ1) is 46.1. The number of halogens is 4. The number of benzene rings is 6. The molecular formula is C52H52BF4P2Rh-. The molecule has 311 valence electrons. The second kappa shape index (κ2) is 23.2. The van der Waals surface area contributed by atoms with Gasteiger partial charge in [-0.05, 0) is 184 Å². The van der Waals surface area contributed by atoms with Crippen molar-refractivity contribution in [2.24, 2.45) is 0 Å². The van der Waals surface area contributed by atoms with Gasteiger partial charge in [-0.15, -0.1) is 0 Å². The first-order chi connectivity index (χ1) is 28.9. The molecule has 3 aliphatic rings. The summed E-state index contributed by atoms with van der Waals surface area (Å²) in [6.07, 6.45) is 23.8. The topological polar surface area (TPSA) is 0 Å². The zero-order chi connectivity index (χ0) is 40.9. The van der Waals surface area contributed by atoms with Crippen molar-refractivity contribution in [1.29, 1.82) is 0 Å². The van der Waals surface area contributed by atoms with Gasteiger partial charge >= 0.3 is 7.25 Å². The Morgan fingerprint density at radius 3 is 0.900 bits per heavy atom. The molecule has 0 saturated heterocycles. The number of hydrogen-bond donors (Lipinski definition) is 0. The summed E-state index contributed by atoms with van der Waals surface area (Å²) < 4.78 is 39.0. The van der Waals surface area contributed by atoms with E-state index in [0.717, 1.165) is 0 Å². The van der Waals surface area contributed by atoms with Crippen LogP contribution in [0.2, 0.25) is 0 Å². The Morgan fingerprint density at radius 2 is 0.617 bits per heavy atom. The first-order valence-corrected chi connectivity index (χ1v) is 23.8. The largest absolute Gasteiger partial charge is 0.673 e. The molecule has 0 heterocycles. The van der Waals surface area contributed by atoms with Crippen molar-refractivity contribution in [3.8, 4) is 11.1 Å². The number of rotatable bonds is 7. The van der Waals surface area contributed by atoms with Gasteiger partial charge in [-0.2, -0.15) is 0 Å². The van der Waals surface area contributed by atoms with E-state index in [0.29, 0.717) is 0 Å². The van der Waals surface area contributed by atoms with Crippen LogP contribution in [-0.2, 0) is 45.2 Å². The van der Waals surface area contributed by atoms with Crippen LogP contribution in [0.5, 0.6) is 0 Å². The molecular weight excluding hydrogens is 876 g/mol. The summed E-state index contributed by atoms with van der Waals surface area (Å²) in [6.45, 7) is 0. The van der Waals surface area contributed by atoms with Gasteiger partial charge in [0.05, 0.1) is 0 Å². The van der Waals surface area contributed by atoms with Gasteiger partial charge in [0.25, 0.3) is 0 Å². The van der Waals surface area contributed by atoms with Gasteiger partial charge < -0.3 is 17.3 Å². The quantitative estimate of drug-likeness (QED) is 0.0850. The third-order valence-electron chi connectivity index (χ3n) is 11.1. The molecule has 1 fully saturated rings. The average molecular weight is 929 g/mol. The standard InChI is InChI=1S/C44H40P2.C8H12.BF4.Rh/c1-5-19-35(20-6-1)45(36-21-7-2-8-22-36)41-31-29-33-17-13-15-27-39(33)43(41)44-40-28-16-14-18-34(40)30-32-42(44)46(37-23-9-3-10-24-37)38-25-11-4-12-26-38;1-2-4-6-8-7-5-3-1;2-1(3,4)5;/h1-12,19-26,29-32H,13-18,27-28H2;1-2,7-8H,3-6H2;;/q;;-1;. The Kier molecular flexibility index (Phi) is 17.8. The molecule has 0 spiro atoms. The maximum Gasteiger partial charge on any atom is 0.673 e. The summed E-state index contributed by atoms with van der Waals surface area (Å²) in [5.74, 6) is 0. The fraction of sp³-hybridized carbons (Fsp3) is 0.231. The average Bonchev–Trinajstić information content (AvgIpc) is 3.25. The van der Waals surface area contributed by atoms with Crippen molar-refractivity contribution >= 4 is 54.9 Å². The molecule has 0 aromatic heterocycles. The van der Waals surface area contributed by atoms with Crippen LogP contribution in [0.4, 0.5) is 17.3 Å². The molecule has 0 N–H and O–H groups in total. The Balaban J connectivity index is 0.000000373. The Labute approximate surface area is 371 Å². The molecule has 5 radical (unpaired) electrons. The van der Waals surface area contributed by atoms with Gasteiger partial charge in [-0.1, -0.05) is 146 Å². The molecule has 0 atom stereocenters. The molecule has 8 heteroatoms. The second-order valence-electron chi connectivity index (χ2n) is 15.2. The maximum absolute atomic E-state index is 9.75. The van der Waals surface area contributed by atoms with E-state index >= 15 is 0 Å². The van der Waals surface area contributed by atoms with E-state index in [1.165, 1.54) is 109 Å². The first-order valence-electron chi connectivity index (χ1n) is 21.1. The van der Waals surface area contributed by atoms with Crippen LogP contribution in [-0.4, -0.2) is 7.25 Å². The molecule has 60 heavy (non-hydrogen) atoms. The minimum absolute atomic E-state index is 0. The third kappa shape index (κ3) is 12.4. The minimum atomic E-state index is -6.00. The van der Waals surface area contributed by atoms with Crippen molar-refractivity contribution in [1.82, 2.24) is 0 Å². The van der Waals surface area contributed by atoms with Crippen LogP contribution in [0, 0.1) is 25.7 Å². The summed E-state index contributed by atoms with van der Waals surface area (Å²) in [7, 11) is -7.50. The molecule has 0 unspecified atom stereocenters. The van der Waals surface area contributed by atoms with E-state index < -0.39 is 23.1 Å². The van der Waals surface area contributed by atoms with Crippen LogP contribution in [0.25, 0.3) is 11.1 Å². The van der Waals surface area contributed by atoms with E-state index in [4.69, 9.17) is 0 Å². The van der Waals surface area contributed by atoms with E-state index in [-0.39, 0.29) is 19.5 Å². The van der Waals surface area contributed by atoms with Crippen molar-refractivity contribution in [3.63, 3.8) is 0 Å². The van der Waals surface area contributed by atoms with Crippen molar-refractivity contribution < 1.29 is 36.7 Å². The number of aryl methyl sites for hydroxylation is 2. The molecule has 0 aliphatic heterocycles. The van der Waals surface area contributed by atoms with Crippen LogP contribution in [0.3, 0.4) is 0 Å². The minimum Gasteiger partial charge on any atom is -0.418 e. The molecule has 0 nitrogen and oxygen atoms in total. The molecule has 6 aromatic carbocycles. The predicted molar refractivity (Wildman–Crippen MR) is 248 cm³/mol. The molecule has 0 amide bonds. The van der Waals surface area contributed by atoms with Crippen LogP contribution < -0.4 is 31.8 Å². The van der Waals surface area contributed by atoms with Crippen LogP contribution in [0.1, 0.15) is 73.6 Å². The fourth-order valence-electron chi connectivity index (χ4n) is 8.58. The van der Waals surface area contributed by atoms with Crippen LogP contribution >= 0.6 is 15.8 Å². The van der Waals surface area contributed by atoms with Gasteiger partial charge in [0, 0.05) is 19.5 Å². The van der Waals surface area contributed by atoms with E-state index in [1.54, 1.807) is 33.4 Å². The number of hydrogen-bond acceptors (Lipinski definition) is 0. The van der Waals surface area contributed by atoms with Gasteiger partial charge in [-0.25, -0.2) is 0 Å². The Bertz CT molecular complexity index is 1950. The van der Waals surface area contributed by atoms with Gasteiger partial charge in [0.2, 0.25) is 0 Å². The second-order valence-corrected chi connectivity index (χ2v) is 19.6. The summed E-state index contributed by atoms with van der Waals surface area (Å²) in [6, 6.07) is 55.5. The SMILES string of the molecule is F[B-](F)(F)F.[CH]1[CH]CC[CH][CH]CC1.[Rh].c1ccc(P(c2ccccc2)c2ccc3c(c2-c2c(P(c4ccccc4)c4ccccc4)ccc4c2CCCC4)CCCC3)cc1. The third-order valence-corrected chi connectivity index (χ3v) is 16.1. The summed E-state index contributed by atoms with van der Waals surface area (Å²) in [4.78, 5) is 0. The fourth-order valence-corrected chi connectivity index (χ4v) is 13.6. The van der Waals surface area contributed by atoms with Crippen LogP contribution in [0.15, 0.2) is 146 Å². The van der Waals surface area contributed by atoms with Crippen molar-refractivity contribution in [3.05, 3.63) is 194 Å². The molecule has 6 aromatic rings. The normalized spacial score (nSPS) is 15.1. The smallest absolute Gasteiger partial charge is 0.418 e. The predicted octanol–water partition coefficient (Wildman–Crippen LogP) is 12.3. The molecule has 0 bridgehead atoms. The summed E-state index contributed by atoms with van der Waals surface area (Å²) in [5.41, 5.74) is 9.54. The zero-order valence-corrected chi connectivity index (χ0v) is 37.4.